The summed E-state index contributed by atoms with van der Waals surface area (Å²) in [5.41, 5.74) is 5.30. The lowest BCUT2D eigenvalue weighted by Crippen LogP contribution is -2.31. The molecule has 190 valence electrons. The lowest BCUT2D eigenvalue weighted by Gasteiger charge is -2.26. The largest absolute Gasteiger partial charge is 0.303 e. The number of thiophene rings is 1. The molecule has 1 aliphatic heterocycles. The summed E-state index contributed by atoms with van der Waals surface area (Å²) < 4.78 is 2.40. The van der Waals surface area contributed by atoms with Gasteiger partial charge in [-0.15, -0.1) is 23.1 Å². The Hall–Kier alpha value is -2.41. The Morgan fingerprint density at radius 3 is 2.47 bits per heavy atom. The number of fused-ring (bicyclic) bond motifs is 1. The molecular formula is C30H37N3OS2. The van der Waals surface area contributed by atoms with Crippen LogP contribution in [-0.4, -0.2) is 39.8 Å². The fourth-order valence-electron chi connectivity index (χ4n) is 4.56. The van der Waals surface area contributed by atoms with E-state index in [1.807, 2.05) is 31.7 Å². The fourth-order valence-corrected chi connectivity index (χ4v) is 6.73. The van der Waals surface area contributed by atoms with Crippen LogP contribution < -0.4 is 5.56 Å². The number of hydrogen-bond donors (Lipinski definition) is 0. The lowest BCUT2D eigenvalue weighted by molar-refractivity contribution is 0.242. The summed E-state index contributed by atoms with van der Waals surface area (Å²) in [5.74, 6) is 1.11. The van der Waals surface area contributed by atoms with Gasteiger partial charge in [-0.05, 0) is 74.7 Å². The number of aromatic nitrogens is 2. The van der Waals surface area contributed by atoms with Gasteiger partial charge in [0, 0.05) is 22.1 Å². The lowest BCUT2D eigenvalue weighted by atomic mass is 10.1. The summed E-state index contributed by atoms with van der Waals surface area (Å²) in [6, 6.07) is 16.8. The molecule has 0 N–H and O–H groups in total. The van der Waals surface area contributed by atoms with Crippen LogP contribution in [0.25, 0.3) is 26.3 Å². The Morgan fingerprint density at radius 1 is 1.00 bits per heavy atom. The van der Waals surface area contributed by atoms with Crippen molar-refractivity contribution in [3.8, 4) is 16.1 Å². The van der Waals surface area contributed by atoms with Crippen LogP contribution >= 0.6 is 23.1 Å². The first-order chi connectivity index (χ1) is 17.6. The molecular weight excluding hydrogens is 482 g/mol. The third kappa shape index (κ3) is 6.10. The Morgan fingerprint density at radius 2 is 1.75 bits per heavy atom. The number of likely N-dealkylation sites (tertiary alicyclic amines) is 1. The fraction of sp³-hybridized carbons (Fsp3) is 0.400. The first-order valence-corrected chi connectivity index (χ1v) is 15.0. The van der Waals surface area contributed by atoms with E-state index in [1.165, 1.54) is 59.7 Å². The zero-order valence-electron chi connectivity index (χ0n) is 21.9. The standard InChI is InChI=1S/C28H31N3OS2.C2H6/c1-3-21-17-23(11-12-25(21)33-16-15-30-13-5-4-6-14-30)31-19-29-24-18-26(34-27(24)28(31)32)22-9-7-20(2)8-10-22;1-2/h7-12,17-19H,3-6,13-16H2,1-2H3;1-2H3. The Labute approximate surface area is 223 Å². The Kier molecular flexibility index (Phi) is 9.41. The van der Waals surface area contributed by atoms with Gasteiger partial charge in [-0.2, -0.15) is 0 Å². The van der Waals surface area contributed by atoms with Gasteiger partial charge in [-0.25, -0.2) is 4.98 Å². The molecule has 0 aliphatic carbocycles. The Balaban J connectivity index is 0.00000148. The van der Waals surface area contributed by atoms with Crippen LogP contribution in [-0.2, 0) is 6.42 Å². The van der Waals surface area contributed by atoms with Gasteiger partial charge in [0.25, 0.3) is 5.56 Å². The van der Waals surface area contributed by atoms with E-state index >= 15 is 0 Å². The summed E-state index contributed by atoms with van der Waals surface area (Å²) in [6.45, 7) is 11.9. The molecule has 4 nitrogen and oxygen atoms in total. The van der Waals surface area contributed by atoms with Gasteiger partial charge in [0.2, 0.25) is 0 Å². The maximum absolute atomic E-state index is 13.4. The summed E-state index contributed by atoms with van der Waals surface area (Å²) in [5, 5.41) is 0. The van der Waals surface area contributed by atoms with Crippen LogP contribution in [0.1, 0.15) is 51.2 Å². The van der Waals surface area contributed by atoms with E-state index < -0.39 is 0 Å². The zero-order valence-corrected chi connectivity index (χ0v) is 23.6. The first kappa shape index (κ1) is 26.6. The number of piperidine rings is 1. The highest BCUT2D eigenvalue weighted by Gasteiger charge is 2.14. The van der Waals surface area contributed by atoms with Gasteiger partial charge in [-0.3, -0.25) is 9.36 Å². The number of rotatable bonds is 7. The molecule has 0 radical (unpaired) electrons. The highest BCUT2D eigenvalue weighted by molar-refractivity contribution is 7.99. The van der Waals surface area contributed by atoms with Crippen molar-refractivity contribution < 1.29 is 0 Å². The number of nitrogens with zero attached hydrogens (tertiary/aromatic N) is 3. The molecule has 0 bridgehead atoms. The van der Waals surface area contributed by atoms with Crippen molar-refractivity contribution in [2.75, 3.05) is 25.4 Å². The number of thioether (sulfide) groups is 1. The van der Waals surface area contributed by atoms with E-state index in [1.54, 1.807) is 10.9 Å². The molecule has 0 amide bonds. The van der Waals surface area contributed by atoms with E-state index in [2.05, 4.69) is 66.2 Å². The average Bonchev–Trinajstić information content (AvgIpc) is 3.37. The maximum Gasteiger partial charge on any atom is 0.275 e. The predicted octanol–water partition coefficient (Wildman–Crippen LogP) is 7.59. The van der Waals surface area contributed by atoms with Gasteiger partial charge < -0.3 is 4.90 Å². The second-order valence-electron chi connectivity index (χ2n) is 9.01. The van der Waals surface area contributed by atoms with Crippen molar-refractivity contribution >= 4 is 33.3 Å². The van der Waals surface area contributed by atoms with Crippen molar-refractivity contribution in [1.29, 1.82) is 0 Å². The van der Waals surface area contributed by atoms with Crippen LogP contribution in [0.5, 0.6) is 0 Å². The molecule has 0 spiro atoms. The number of hydrogen-bond acceptors (Lipinski definition) is 5. The van der Waals surface area contributed by atoms with Crippen molar-refractivity contribution in [3.05, 3.63) is 76.3 Å². The molecule has 0 saturated carbocycles. The minimum absolute atomic E-state index is 0.000848. The van der Waals surface area contributed by atoms with Crippen molar-refractivity contribution in [2.24, 2.45) is 0 Å². The maximum atomic E-state index is 13.4. The summed E-state index contributed by atoms with van der Waals surface area (Å²) in [4.78, 5) is 23.0. The predicted molar refractivity (Wildman–Crippen MR) is 157 cm³/mol. The minimum Gasteiger partial charge on any atom is -0.303 e. The molecule has 3 heterocycles. The molecule has 2 aromatic carbocycles. The normalized spacial score (nSPS) is 14.0. The third-order valence-corrected chi connectivity index (χ3v) is 8.85. The molecule has 6 heteroatoms. The van der Waals surface area contributed by atoms with Gasteiger partial charge in [0.15, 0.2) is 0 Å². The van der Waals surface area contributed by atoms with Crippen LogP contribution in [0.3, 0.4) is 0 Å². The quantitative estimate of drug-likeness (QED) is 0.236. The molecule has 4 aromatic rings. The van der Waals surface area contributed by atoms with Crippen LogP contribution in [0.4, 0.5) is 0 Å². The monoisotopic (exact) mass is 519 g/mol. The Bertz CT molecular complexity index is 1330. The van der Waals surface area contributed by atoms with Gasteiger partial charge in [0.1, 0.15) is 11.0 Å². The zero-order chi connectivity index (χ0) is 25.5. The second-order valence-corrected chi connectivity index (χ2v) is 11.2. The molecule has 1 aliphatic rings. The van der Waals surface area contributed by atoms with Crippen molar-refractivity contribution in [2.45, 2.75) is 58.3 Å². The van der Waals surface area contributed by atoms with Crippen molar-refractivity contribution in [3.63, 3.8) is 0 Å². The number of benzene rings is 2. The smallest absolute Gasteiger partial charge is 0.275 e. The van der Waals surface area contributed by atoms with E-state index in [9.17, 15) is 4.79 Å². The van der Waals surface area contributed by atoms with E-state index in [-0.39, 0.29) is 5.56 Å². The molecule has 36 heavy (non-hydrogen) atoms. The summed E-state index contributed by atoms with van der Waals surface area (Å²) in [6.07, 6.45) is 6.67. The molecule has 0 atom stereocenters. The first-order valence-electron chi connectivity index (χ1n) is 13.2. The van der Waals surface area contributed by atoms with E-state index in [0.717, 1.165) is 40.4 Å². The van der Waals surface area contributed by atoms with Gasteiger partial charge in [-0.1, -0.05) is 57.0 Å². The second kappa shape index (κ2) is 12.7. The summed E-state index contributed by atoms with van der Waals surface area (Å²) in [7, 11) is 0. The molecule has 1 saturated heterocycles. The number of aryl methyl sites for hydroxylation is 2. The molecule has 5 rings (SSSR count). The molecule has 2 aromatic heterocycles. The highest BCUT2D eigenvalue weighted by atomic mass is 32.2. The van der Waals surface area contributed by atoms with Gasteiger partial charge >= 0.3 is 0 Å². The summed E-state index contributed by atoms with van der Waals surface area (Å²) >= 11 is 3.46. The minimum atomic E-state index is 0.000848. The van der Waals surface area contributed by atoms with E-state index in [0.29, 0.717) is 4.70 Å². The van der Waals surface area contributed by atoms with Crippen LogP contribution in [0.15, 0.2) is 64.5 Å². The molecule has 1 fully saturated rings. The third-order valence-electron chi connectivity index (χ3n) is 6.59. The van der Waals surface area contributed by atoms with Crippen LogP contribution in [0, 0.1) is 6.92 Å². The topological polar surface area (TPSA) is 38.1 Å². The highest BCUT2D eigenvalue weighted by Crippen LogP contribution is 2.31. The average molecular weight is 520 g/mol. The van der Waals surface area contributed by atoms with Gasteiger partial charge in [0.05, 0.1) is 11.2 Å². The molecule has 0 unspecified atom stereocenters. The van der Waals surface area contributed by atoms with Crippen molar-refractivity contribution in [1.82, 2.24) is 14.5 Å². The van der Waals surface area contributed by atoms with E-state index in [4.69, 9.17) is 0 Å². The van der Waals surface area contributed by atoms with Crippen LogP contribution in [0.2, 0.25) is 0 Å². The SMILES string of the molecule is CC.CCc1cc(-n2cnc3cc(-c4ccc(C)cc4)sc3c2=O)ccc1SCCN1CCCCC1.